The van der Waals surface area contributed by atoms with Gasteiger partial charge in [0.2, 0.25) is 0 Å². The van der Waals surface area contributed by atoms with Crippen molar-refractivity contribution >= 4 is 5.82 Å². The van der Waals surface area contributed by atoms with Gasteiger partial charge < -0.3 is 4.90 Å². The monoisotopic (exact) mass is 377 g/mol. The first-order chi connectivity index (χ1) is 13.8. The van der Waals surface area contributed by atoms with E-state index in [0.717, 1.165) is 43.3 Å². The predicted molar refractivity (Wildman–Crippen MR) is 105 cm³/mol. The fourth-order valence-electron chi connectivity index (χ4n) is 3.79. The van der Waals surface area contributed by atoms with Crippen molar-refractivity contribution in [2.75, 3.05) is 18.0 Å². The third-order valence-corrected chi connectivity index (χ3v) is 5.60. The summed E-state index contributed by atoms with van der Waals surface area (Å²) in [7, 11) is 0. The Morgan fingerprint density at radius 2 is 1.86 bits per heavy atom. The smallest absolute Gasteiger partial charge is 0.266 e. The molecule has 0 atom stereocenters. The highest BCUT2D eigenvalue weighted by Crippen LogP contribution is 2.38. The second-order valence-electron chi connectivity index (χ2n) is 7.67. The SMILES string of the molecule is O=c1ccc(C2CC2)nn1CC1CCN(c2cncc(-n3cccn3)n2)CC1. The van der Waals surface area contributed by atoms with Gasteiger partial charge >= 0.3 is 0 Å². The molecule has 0 bridgehead atoms. The molecular weight excluding hydrogens is 354 g/mol. The van der Waals surface area contributed by atoms with E-state index >= 15 is 0 Å². The van der Waals surface area contributed by atoms with E-state index < -0.39 is 0 Å². The fourth-order valence-corrected chi connectivity index (χ4v) is 3.79. The maximum atomic E-state index is 12.2. The summed E-state index contributed by atoms with van der Waals surface area (Å²) in [5.41, 5.74) is 1.08. The average Bonchev–Trinajstić information content (AvgIpc) is 3.44. The zero-order chi connectivity index (χ0) is 18.9. The van der Waals surface area contributed by atoms with E-state index in [9.17, 15) is 4.79 Å². The quantitative estimate of drug-likeness (QED) is 0.677. The minimum absolute atomic E-state index is 0.00428. The van der Waals surface area contributed by atoms with E-state index in [1.54, 1.807) is 34.0 Å². The van der Waals surface area contributed by atoms with Crippen molar-refractivity contribution in [1.82, 2.24) is 29.5 Å². The first kappa shape index (κ1) is 17.1. The normalized spacial score (nSPS) is 17.8. The van der Waals surface area contributed by atoms with Gasteiger partial charge in [-0.05, 0) is 43.7 Å². The minimum Gasteiger partial charge on any atom is -0.355 e. The standard InChI is InChI=1S/C20H23N7O/c28-20-5-4-17(16-2-3-16)24-27(20)14-15-6-10-25(11-7-15)18-12-21-13-19(23-18)26-9-1-8-22-26/h1,4-5,8-9,12-13,15-16H,2-3,6-7,10-11,14H2. The lowest BCUT2D eigenvalue weighted by atomic mass is 9.97. The van der Waals surface area contributed by atoms with Crippen molar-refractivity contribution in [1.29, 1.82) is 0 Å². The van der Waals surface area contributed by atoms with Crippen molar-refractivity contribution in [3.63, 3.8) is 0 Å². The van der Waals surface area contributed by atoms with Crippen LogP contribution in [0.3, 0.4) is 0 Å². The number of hydrogen-bond acceptors (Lipinski definition) is 6. The molecule has 0 unspecified atom stereocenters. The molecule has 28 heavy (non-hydrogen) atoms. The number of nitrogens with zero attached hydrogens (tertiary/aromatic N) is 7. The van der Waals surface area contributed by atoms with Crippen molar-refractivity contribution < 1.29 is 0 Å². The van der Waals surface area contributed by atoms with Gasteiger partial charge in [-0.15, -0.1) is 0 Å². The first-order valence-corrected chi connectivity index (χ1v) is 9.91. The van der Waals surface area contributed by atoms with Gasteiger partial charge in [-0.3, -0.25) is 9.78 Å². The van der Waals surface area contributed by atoms with E-state index in [1.807, 2.05) is 18.3 Å². The number of anilines is 1. The van der Waals surface area contributed by atoms with Crippen LogP contribution in [0.15, 0.2) is 47.8 Å². The van der Waals surface area contributed by atoms with Gasteiger partial charge in [-0.25, -0.2) is 14.3 Å². The fraction of sp³-hybridized carbons (Fsp3) is 0.450. The van der Waals surface area contributed by atoms with Crippen LogP contribution in [0.25, 0.3) is 5.82 Å². The largest absolute Gasteiger partial charge is 0.355 e. The molecule has 2 aliphatic rings. The van der Waals surface area contributed by atoms with Crippen molar-refractivity contribution in [2.45, 2.75) is 38.1 Å². The van der Waals surface area contributed by atoms with Gasteiger partial charge in [0.25, 0.3) is 5.56 Å². The van der Waals surface area contributed by atoms with Crippen molar-refractivity contribution in [3.8, 4) is 5.82 Å². The molecule has 8 nitrogen and oxygen atoms in total. The second kappa shape index (κ2) is 7.18. The Balaban J connectivity index is 1.24. The number of aromatic nitrogens is 6. The van der Waals surface area contributed by atoms with Gasteiger partial charge in [-0.2, -0.15) is 10.2 Å². The van der Waals surface area contributed by atoms with Crippen LogP contribution in [0.4, 0.5) is 5.82 Å². The first-order valence-electron chi connectivity index (χ1n) is 9.91. The zero-order valence-electron chi connectivity index (χ0n) is 15.7. The Bertz CT molecular complexity index is 1000. The minimum atomic E-state index is 0.00428. The van der Waals surface area contributed by atoms with Crippen LogP contribution in [0.1, 0.15) is 37.3 Å². The lowest BCUT2D eigenvalue weighted by molar-refractivity contribution is 0.332. The van der Waals surface area contributed by atoms with E-state index in [2.05, 4.69) is 20.1 Å². The highest BCUT2D eigenvalue weighted by molar-refractivity contribution is 5.39. The maximum absolute atomic E-state index is 12.2. The molecule has 2 fully saturated rings. The summed E-state index contributed by atoms with van der Waals surface area (Å²) in [4.78, 5) is 23.5. The third-order valence-electron chi connectivity index (χ3n) is 5.60. The summed E-state index contributed by atoms with van der Waals surface area (Å²) in [6.45, 7) is 2.50. The van der Waals surface area contributed by atoms with Crippen molar-refractivity contribution in [3.05, 3.63) is 59.0 Å². The van der Waals surface area contributed by atoms with Crippen molar-refractivity contribution in [2.24, 2.45) is 5.92 Å². The lowest BCUT2D eigenvalue weighted by Gasteiger charge is -2.32. The molecule has 1 aliphatic heterocycles. The summed E-state index contributed by atoms with van der Waals surface area (Å²) >= 11 is 0. The molecule has 5 rings (SSSR count). The number of piperidine rings is 1. The van der Waals surface area contributed by atoms with Gasteiger partial charge in [0, 0.05) is 44.0 Å². The van der Waals surface area contributed by atoms with Gasteiger partial charge in [-0.1, -0.05) is 0 Å². The highest BCUT2D eigenvalue weighted by Gasteiger charge is 2.26. The van der Waals surface area contributed by atoms with E-state index in [0.29, 0.717) is 18.4 Å². The number of rotatable bonds is 5. The molecule has 0 spiro atoms. The van der Waals surface area contributed by atoms with E-state index in [4.69, 9.17) is 4.98 Å². The summed E-state index contributed by atoms with van der Waals surface area (Å²) in [6, 6.07) is 5.44. The third kappa shape index (κ3) is 3.54. The Kier molecular flexibility index (Phi) is 4.38. The second-order valence-corrected chi connectivity index (χ2v) is 7.67. The van der Waals surface area contributed by atoms with Gasteiger partial charge in [0.05, 0.1) is 18.1 Å². The summed E-state index contributed by atoms with van der Waals surface area (Å²) in [5.74, 6) is 2.61. The highest BCUT2D eigenvalue weighted by atomic mass is 16.1. The summed E-state index contributed by atoms with van der Waals surface area (Å²) in [6.07, 6.45) is 11.5. The van der Waals surface area contributed by atoms with Gasteiger partial charge in [0.15, 0.2) is 5.82 Å². The average molecular weight is 377 g/mol. The molecule has 4 heterocycles. The van der Waals surface area contributed by atoms with E-state index in [-0.39, 0.29) is 5.56 Å². The topological polar surface area (TPSA) is 81.7 Å². The Hall–Kier alpha value is -3.03. The molecule has 144 valence electrons. The van der Waals surface area contributed by atoms with Crippen LogP contribution in [0.2, 0.25) is 0 Å². The molecule has 0 aromatic carbocycles. The molecule has 3 aromatic rings. The number of hydrogen-bond donors (Lipinski definition) is 0. The molecule has 1 saturated heterocycles. The molecule has 1 aliphatic carbocycles. The predicted octanol–water partition coefficient (Wildman–Crippen LogP) is 2.01. The Morgan fingerprint density at radius 1 is 1.04 bits per heavy atom. The molecule has 0 amide bonds. The molecule has 3 aromatic heterocycles. The van der Waals surface area contributed by atoms with Crippen LogP contribution in [-0.2, 0) is 6.54 Å². The summed E-state index contributed by atoms with van der Waals surface area (Å²) in [5, 5.41) is 8.82. The van der Waals surface area contributed by atoms with Crippen LogP contribution in [0.5, 0.6) is 0 Å². The maximum Gasteiger partial charge on any atom is 0.266 e. The molecule has 0 radical (unpaired) electrons. The zero-order valence-corrected chi connectivity index (χ0v) is 15.7. The molecule has 0 N–H and O–H groups in total. The summed E-state index contributed by atoms with van der Waals surface area (Å²) < 4.78 is 3.39. The lowest BCUT2D eigenvalue weighted by Crippen LogP contribution is -2.37. The molecule has 8 heteroatoms. The molecular formula is C20H23N7O. The van der Waals surface area contributed by atoms with Crippen LogP contribution in [-0.4, -0.2) is 42.6 Å². The van der Waals surface area contributed by atoms with Gasteiger partial charge in [0.1, 0.15) is 5.82 Å². The van der Waals surface area contributed by atoms with Crippen LogP contribution >= 0.6 is 0 Å². The Labute approximate surface area is 162 Å². The Morgan fingerprint density at radius 3 is 2.61 bits per heavy atom. The molecule has 1 saturated carbocycles. The van der Waals surface area contributed by atoms with Crippen LogP contribution in [0, 0.1) is 5.92 Å². The van der Waals surface area contributed by atoms with E-state index in [1.165, 1.54) is 12.8 Å². The van der Waals surface area contributed by atoms with Crippen LogP contribution < -0.4 is 10.5 Å².